The number of fused-ring (bicyclic) bond motifs is 1. The second-order valence-corrected chi connectivity index (χ2v) is 7.08. The standard InChI is InChI=1S/C16H20N6O3S/c1-5-25-15(24)11-8(4)19-16(26-11)22-13-10-12(17-6-18-13)20-9(7(2)3)14(23)21-10/h6-7,9H,5H2,1-4H3,(H,21,23)(H2,17,18,19,20,22). The molecule has 0 aliphatic carbocycles. The third-order valence-electron chi connectivity index (χ3n) is 3.82. The van der Waals surface area contributed by atoms with Gasteiger partial charge >= 0.3 is 5.97 Å². The highest BCUT2D eigenvalue weighted by molar-refractivity contribution is 7.17. The molecule has 1 unspecified atom stereocenters. The molecule has 1 amide bonds. The van der Waals surface area contributed by atoms with Crippen LogP contribution in [0.1, 0.15) is 36.1 Å². The number of anilines is 4. The van der Waals surface area contributed by atoms with Crippen LogP contribution in [0.4, 0.5) is 22.5 Å². The van der Waals surface area contributed by atoms with Gasteiger partial charge in [0, 0.05) is 0 Å². The third kappa shape index (κ3) is 3.45. The molecule has 26 heavy (non-hydrogen) atoms. The first-order chi connectivity index (χ1) is 12.4. The highest BCUT2D eigenvalue weighted by Gasteiger charge is 2.31. The summed E-state index contributed by atoms with van der Waals surface area (Å²) in [5.41, 5.74) is 1.03. The first-order valence-corrected chi connectivity index (χ1v) is 9.06. The quantitative estimate of drug-likeness (QED) is 0.681. The number of carbonyl (C=O) groups excluding carboxylic acids is 2. The Bertz CT molecular complexity index is 851. The topological polar surface area (TPSA) is 118 Å². The van der Waals surface area contributed by atoms with Gasteiger partial charge in [0.15, 0.2) is 16.8 Å². The molecule has 3 N–H and O–H groups in total. The lowest BCUT2D eigenvalue weighted by molar-refractivity contribution is -0.117. The van der Waals surface area contributed by atoms with E-state index in [1.54, 1.807) is 13.8 Å². The summed E-state index contributed by atoms with van der Waals surface area (Å²) in [5.74, 6) is 0.507. The Balaban J connectivity index is 1.87. The number of hydrogen-bond acceptors (Lipinski definition) is 9. The van der Waals surface area contributed by atoms with Gasteiger partial charge in [-0.1, -0.05) is 25.2 Å². The number of thiazole rings is 1. The molecule has 0 aromatic carbocycles. The zero-order valence-electron chi connectivity index (χ0n) is 14.9. The number of aromatic nitrogens is 3. The third-order valence-corrected chi connectivity index (χ3v) is 4.87. The normalized spacial score (nSPS) is 15.9. The van der Waals surface area contributed by atoms with Crippen LogP contribution in [0, 0.1) is 12.8 Å². The largest absolute Gasteiger partial charge is 0.462 e. The predicted molar refractivity (Wildman–Crippen MR) is 99.0 cm³/mol. The van der Waals surface area contributed by atoms with E-state index in [0.29, 0.717) is 39.6 Å². The lowest BCUT2D eigenvalue weighted by Gasteiger charge is -2.29. The molecule has 0 saturated carbocycles. The van der Waals surface area contributed by atoms with Gasteiger partial charge in [-0.3, -0.25) is 4.79 Å². The van der Waals surface area contributed by atoms with Crippen molar-refractivity contribution in [3.8, 4) is 0 Å². The number of esters is 1. The molecule has 3 rings (SSSR count). The Morgan fingerprint density at radius 1 is 1.42 bits per heavy atom. The first-order valence-electron chi connectivity index (χ1n) is 8.24. The Labute approximate surface area is 154 Å². The molecular formula is C16H20N6O3S. The molecule has 0 fully saturated rings. The van der Waals surface area contributed by atoms with E-state index in [1.807, 2.05) is 13.8 Å². The van der Waals surface area contributed by atoms with Crippen LogP contribution in [0.5, 0.6) is 0 Å². The van der Waals surface area contributed by atoms with Gasteiger partial charge < -0.3 is 20.7 Å². The maximum atomic E-state index is 12.3. The van der Waals surface area contributed by atoms with Crippen molar-refractivity contribution < 1.29 is 14.3 Å². The van der Waals surface area contributed by atoms with E-state index in [2.05, 4.69) is 30.9 Å². The molecule has 10 heteroatoms. The SMILES string of the molecule is CCOC(=O)c1sc(Nc2ncnc3c2NC(=O)C(C(C)C)N3)nc1C. The van der Waals surface area contributed by atoms with Crippen LogP contribution >= 0.6 is 11.3 Å². The Morgan fingerprint density at radius 2 is 2.19 bits per heavy atom. The van der Waals surface area contributed by atoms with Crippen molar-refractivity contribution in [2.75, 3.05) is 22.6 Å². The molecule has 0 radical (unpaired) electrons. The van der Waals surface area contributed by atoms with Gasteiger partial charge in [-0.15, -0.1) is 0 Å². The summed E-state index contributed by atoms with van der Waals surface area (Å²) in [5, 5.41) is 9.50. The summed E-state index contributed by atoms with van der Waals surface area (Å²) in [6, 6.07) is -0.359. The molecule has 0 bridgehead atoms. The van der Waals surface area contributed by atoms with E-state index in [0.717, 1.165) is 0 Å². The summed E-state index contributed by atoms with van der Waals surface area (Å²) in [7, 11) is 0. The number of carbonyl (C=O) groups is 2. The molecule has 1 atom stereocenters. The van der Waals surface area contributed by atoms with Crippen molar-refractivity contribution in [2.24, 2.45) is 5.92 Å². The van der Waals surface area contributed by atoms with E-state index in [-0.39, 0.29) is 17.9 Å². The molecule has 2 aromatic rings. The van der Waals surface area contributed by atoms with Crippen molar-refractivity contribution in [1.29, 1.82) is 0 Å². The monoisotopic (exact) mass is 376 g/mol. The molecule has 9 nitrogen and oxygen atoms in total. The molecule has 1 aliphatic rings. The first kappa shape index (κ1) is 18.1. The summed E-state index contributed by atoms with van der Waals surface area (Å²) in [6.45, 7) is 7.70. The average molecular weight is 376 g/mol. The summed E-state index contributed by atoms with van der Waals surface area (Å²) < 4.78 is 5.02. The summed E-state index contributed by atoms with van der Waals surface area (Å²) in [4.78, 5) is 37.4. The fourth-order valence-corrected chi connectivity index (χ4v) is 3.39. The molecule has 138 valence electrons. The van der Waals surface area contributed by atoms with Gasteiger partial charge in [0.25, 0.3) is 0 Å². The lowest BCUT2D eigenvalue weighted by Crippen LogP contribution is -2.43. The fourth-order valence-electron chi connectivity index (χ4n) is 2.53. The zero-order valence-corrected chi connectivity index (χ0v) is 15.7. The number of rotatable bonds is 5. The minimum Gasteiger partial charge on any atom is -0.462 e. The molecule has 2 aromatic heterocycles. The van der Waals surface area contributed by atoms with Crippen LogP contribution in [0.15, 0.2) is 6.33 Å². The fraction of sp³-hybridized carbons (Fsp3) is 0.438. The second kappa shape index (κ2) is 7.24. The van der Waals surface area contributed by atoms with Crippen molar-refractivity contribution in [1.82, 2.24) is 15.0 Å². The van der Waals surface area contributed by atoms with Crippen LogP contribution in [-0.2, 0) is 9.53 Å². The van der Waals surface area contributed by atoms with E-state index in [4.69, 9.17) is 4.74 Å². The predicted octanol–water partition coefficient (Wildman–Crippen LogP) is 2.55. The van der Waals surface area contributed by atoms with Crippen molar-refractivity contribution in [2.45, 2.75) is 33.7 Å². The number of nitrogens with one attached hydrogen (secondary N) is 3. The van der Waals surface area contributed by atoms with Crippen LogP contribution in [-0.4, -0.2) is 39.5 Å². The van der Waals surface area contributed by atoms with Crippen molar-refractivity contribution in [3.63, 3.8) is 0 Å². The Kier molecular flexibility index (Phi) is 5.03. The second-order valence-electron chi connectivity index (χ2n) is 6.08. The Hall–Kier alpha value is -2.75. The highest BCUT2D eigenvalue weighted by atomic mass is 32.1. The van der Waals surface area contributed by atoms with Gasteiger partial charge in [0.1, 0.15) is 22.9 Å². The number of aryl methyl sites for hydroxylation is 1. The number of ether oxygens (including phenoxy) is 1. The van der Waals surface area contributed by atoms with Crippen LogP contribution in [0.2, 0.25) is 0 Å². The van der Waals surface area contributed by atoms with Gasteiger partial charge in [0.2, 0.25) is 5.91 Å². The lowest BCUT2D eigenvalue weighted by atomic mass is 10.0. The maximum Gasteiger partial charge on any atom is 0.350 e. The van der Waals surface area contributed by atoms with Crippen molar-refractivity contribution >= 4 is 45.7 Å². The highest BCUT2D eigenvalue weighted by Crippen LogP contribution is 2.34. The molecule has 3 heterocycles. The molecule has 0 saturated heterocycles. The maximum absolute atomic E-state index is 12.3. The van der Waals surface area contributed by atoms with E-state index in [1.165, 1.54) is 17.7 Å². The Morgan fingerprint density at radius 3 is 2.88 bits per heavy atom. The van der Waals surface area contributed by atoms with E-state index in [9.17, 15) is 9.59 Å². The molecular weight excluding hydrogens is 356 g/mol. The van der Waals surface area contributed by atoms with Crippen LogP contribution in [0.25, 0.3) is 0 Å². The summed E-state index contributed by atoms with van der Waals surface area (Å²) >= 11 is 1.17. The van der Waals surface area contributed by atoms with Crippen LogP contribution < -0.4 is 16.0 Å². The smallest absolute Gasteiger partial charge is 0.350 e. The zero-order chi connectivity index (χ0) is 18.8. The van der Waals surface area contributed by atoms with Gasteiger partial charge in [-0.25, -0.2) is 19.7 Å². The van der Waals surface area contributed by atoms with E-state index >= 15 is 0 Å². The minimum atomic E-state index is -0.407. The minimum absolute atomic E-state index is 0.114. The number of nitrogens with zero attached hydrogens (tertiary/aromatic N) is 3. The van der Waals surface area contributed by atoms with Gasteiger partial charge in [0.05, 0.1) is 12.3 Å². The van der Waals surface area contributed by atoms with Gasteiger partial charge in [-0.2, -0.15) is 0 Å². The number of hydrogen-bond donors (Lipinski definition) is 3. The average Bonchev–Trinajstić information content (AvgIpc) is 2.95. The van der Waals surface area contributed by atoms with Crippen LogP contribution in [0.3, 0.4) is 0 Å². The van der Waals surface area contributed by atoms with Crippen molar-refractivity contribution in [3.05, 3.63) is 16.9 Å². The molecule has 0 spiro atoms. The van der Waals surface area contributed by atoms with Gasteiger partial charge in [-0.05, 0) is 19.8 Å². The number of amides is 1. The van der Waals surface area contributed by atoms with E-state index < -0.39 is 5.97 Å². The summed E-state index contributed by atoms with van der Waals surface area (Å²) in [6.07, 6.45) is 1.40. The molecule has 1 aliphatic heterocycles.